The van der Waals surface area contributed by atoms with Crippen LogP contribution in [0.2, 0.25) is 0 Å². The molecule has 0 saturated heterocycles. The van der Waals surface area contributed by atoms with Gasteiger partial charge in [0.25, 0.3) is 0 Å². The van der Waals surface area contributed by atoms with Crippen molar-refractivity contribution in [1.82, 2.24) is 4.90 Å². The van der Waals surface area contributed by atoms with Gasteiger partial charge in [0.05, 0.1) is 6.10 Å². The van der Waals surface area contributed by atoms with Crippen LogP contribution in [-0.2, 0) is 4.74 Å². The molecule has 0 heterocycles. The molecule has 162 valence electrons. The standard InChI is InChI=1S/C27H31NO3/c1-21(31-20-29)26(22-10-6-4-7-11-22)27(23-12-8-5-9-13-23)24-14-16-25(17-15-24)30-19-18-28(2)3/h4-17,21,29H,18-20H2,1-3H3/b27-26-. The third-order valence-electron chi connectivity index (χ3n) is 5.10. The van der Waals surface area contributed by atoms with Crippen LogP contribution < -0.4 is 4.74 Å². The number of benzene rings is 3. The second-order valence-electron chi connectivity index (χ2n) is 7.63. The van der Waals surface area contributed by atoms with E-state index in [0.29, 0.717) is 6.61 Å². The van der Waals surface area contributed by atoms with Crippen LogP contribution in [0.1, 0.15) is 23.6 Å². The van der Waals surface area contributed by atoms with Gasteiger partial charge in [0.1, 0.15) is 19.1 Å². The van der Waals surface area contributed by atoms with Crippen molar-refractivity contribution in [3.8, 4) is 5.75 Å². The summed E-state index contributed by atoms with van der Waals surface area (Å²) < 4.78 is 11.5. The minimum Gasteiger partial charge on any atom is -0.492 e. The molecule has 0 amide bonds. The Bertz CT molecular complexity index is 951. The average molecular weight is 418 g/mol. The van der Waals surface area contributed by atoms with E-state index in [1.54, 1.807) is 0 Å². The molecule has 4 nitrogen and oxygen atoms in total. The highest BCUT2D eigenvalue weighted by atomic mass is 16.6. The molecular weight excluding hydrogens is 386 g/mol. The van der Waals surface area contributed by atoms with Crippen molar-refractivity contribution in [2.45, 2.75) is 13.0 Å². The highest BCUT2D eigenvalue weighted by Crippen LogP contribution is 2.36. The Hall–Kier alpha value is -2.92. The van der Waals surface area contributed by atoms with Gasteiger partial charge < -0.3 is 19.5 Å². The second kappa shape index (κ2) is 11.5. The van der Waals surface area contributed by atoms with Gasteiger partial charge in [-0.2, -0.15) is 0 Å². The Morgan fingerprint density at radius 3 is 1.90 bits per heavy atom. The van der Waals surface area contributed by atoms with E-state index in [-0.39, 0.29) is 12.9 Å². The van der Waals surface area contributed by atoms with Gasteiger partial charge in [0.15, 0.2) is 0 Å². The Balaban J connectivity index is 2.09. The van der Waals surface area contributed by atoms with E-state index in [9.17, 15) is 5.11 Å². The molecule has 1 atom stereocenters. The maximum atomic E-state index is 9.45. The fourth-order valence-electron chi connectivity index (χ4n) is 3.54. The van der Waals surface area contributed by atoms with Crippen LogP contribution in [0.4, 0.5) is 0 Å². The Morgan fingerprint density at radius 1 is 0.806 bits per heavy atom. The number of rotatable bonds is 10. The number of ether oxygens (including phenoxy) is 2. The maximum Gasteiger partial charge on any atom is 0.144 e. The van der Waals surface area contributed by atoms with Crippen molar-refractivity contribution < 1.29 is 14.6 Å². The molecule has 1 N–H and O–H groups in total. The Kier molecular flexibility index (Phi) is 8.42. The summed E-state index contributed by atoms with van der Waals surface area (Å²) in [6.07, 6.45) is -0.293. The molecule has 3 rings (SSSR count). The lowest BCUT2D eigenvalue weighted by atomic mass is 9.87. The van der Waals surface area contributed by atoms with Gasteiger partial charge in [-0.15, -0.1) is 0 Å². The zero-order chi connectivity index (χ0) is 22.1. The van der Waals surface area contributed by atoms with E-state index >= 15 is 0 Å². The normalized spacial score (nSPS) is 13.1. The molecule has 0 saturated carbocycles. The summed E-state index contributed by atoms with van der Waals surface area (Å²) in [5.74, 6) is 0.846. The average Bonchev–Trinajstić information content (AvgIpc) is 2.79. The van der Waals surface area contributed by atoms with E-state index in [2.05, 4.69) is 41.3 Å². The molecule has 0 aliphatic carbocycles. The molecule has 0 aliphatic heterocycles. The summed E-state index contributed by atoms with van der Waals surface area (Å²) in [5.41, 5.74) is 5.33. The van der Waals surface area contributed by atoms with Crippen molar-refractivity contribution in [2.75, 3.05) is 34.0 Å². The minimum absolute atomic E-state index is 0.293. The fraction of sp³-hybridized carbons (Fsp3) is 0.259. The topological polar surface area (TPSA) is 41.9 Å². The van der Waals surface area contributed by atoms with Crippen LogP contribution in [0.5, 0.6) is 5.75 Å². The quantitative estimate of drug-likeness (QED) is 0.375. The molecule has 3 aromatic rings. The van der Waals surface area contributed by atoms with E-state index in [0.717, 1.165) is 40.1 Å². The van der Waals surface area contributed by atoms with Gasteiger partial charge in [-0.1, -0.05) is 72.8 Å². The smallest absolute Gasteiger partial charge is 0.144 e. The van der Waals surface area contributed by atoms with E-state index in [1.165, 1.54) is 0 Å². The summed E-state index contributed by atoms with van der Waals surface area (Å²) in [7, 11) is 4.06. The zero-order valence-corrected chi connectivity index (χ0v) is 18.5. The number of aliphatic hydroxyl groups excluding tert-OH is 1. The summed E-state index contributed by atoms with van der Waals surface area (Å²) >= 11 is 0. The molecule has 1 unspecified atom stereocenters. The van der Waals surface area contributed by atoms with E-state index in [1.807, 2.05) is 69.6 Å². The van der Waals surface area contributed by atoms with E-state index in [4.69, 9.17) is 9.47 Å². The minimum atomic E-state index is -0.335. The van der Waals surface area contributed by atoms with Crippen molar-refractivity contribution in [2.24, 2.45) is 0 Å². The van der Waals surface area contributed by atoms with Crippen LogP contribution in [0.3, 0.4) is 0 Å². The van der Waals surface area contributed by atoms with Crippen molar-refractivity contribution in [3.05, 3.63) is 102 Å². The van der Waals surface area contributed by atoms with Gasteiger partial charge in [0.2, 0.25) is 0 Å². The van der Waals surface area contributed by atoms with Crippen LogP contribution in [0, 0.1) is 0 Å². The fourth-order valence-corrected chi connectivity index (χ4v) is 3.54. The predicted molar refractivity (Wildman–Crippen MR) is 127 cm³/mol. The monoisotopic (exact) mass is 417 g/mol. The highest BCUT2D eigenvalue weighted by Gasteiger charge is 2.20. The number of aliphatic hydroxyl groups is 1. The maximum absolute atomic E-state index is 9.45. The first kappa shape index (κ1) is 22.8. The lowest BCUT2D eigenvalue weighted by Crippen LogP contribution is -2.19. The highest BCUT2D eigenvalue weighted by molar-refractivity contribution is 5.99. The molecule has 0 aromatic heterocycles. The molecule has 31 heavy (non-hydrogen) atoms. The summed E-state index contributed by atoms with van der Waals surface area (Å²) in [4.78, 5) is 2.10. The molecule has 3 aromatic carbocycles. The Morgan fingerprint density at radius 2 is 1.35 bits per heavy atom. The lowest BCUT2D eigenvalue weighted by molar-refractivity contribution is -0.0199. The first-order chi connectivity index (χ1) is 15.1. The van der Waals surface area contributed by atoms with Crippen LogP contribution in [0.25, 0.3) is 11.1 Å². The van der Waals surface area contributed by atoms with Crippen LogP contribution in [0.15, 0.2) is 84.9 Å². The van der Waals surface area contributed by atoms with Gasteiger partial charge >= 0.3 is 0 Å². The number of nitrogens with zero attached hydrogens (tertiary/aromatic N) is 1. The number of hydrogen-bond acceptors (Lipinski definition) is 4. The zero-order valence-electron chi connectivity index (χ0n) is 18.5. The number of likely N-dealkylation sites (N-methyl/N-ethyl adjacent to an activating group) is 1. The van der Waals surface area contributed by atoms with Crippen LogP contribution in [-0.4, -0.2) is 50.2 Å². The van der Waals surface area contributed by atoms with Crippen LogP contribution >= 0.6 is 0 Å². The predicted octanol–water partition coefficient (Wildman–Crippen LogP) is 4.94. The van der Waals surface area contributed by atoms with Gasteiger partial charge in [-0.25, -0.2) is 0 Å². The molecule has 0 radical (unpaired) electrons. The number of hydrogen-bond donors (Lipinski definition) is 1. The molecule has 0 aliphatic rings. The van der Waals surface area contributed by atoms with Crippen molar-refractivity contribution in [1.29, 1.82) is 0 Å². The van der Waals surface area contributed by atoms with E-state index < -0.39 is 0 Å². The molecule has 4 heteroatoms. The lowest BCUT2D eigenvalue weighted by Gasteiger charge is -2.22. The molecule has 0 bridgehead atoms. The van der Waals surface area contributed by atoms with Gasteiger partial charge in [-0.3, -0.25) is 0 Å². The third kappa shape index (κ3) is 6.28. The summed E-state index contributed by atoms with van der Waals surface area (Å²) in [6.45, 7) is 3.15. The molecule has 0 fully saturated rings. The first-order valence-corrected chi connectivity index (χ1v) is 10.6. The Labute approximate surface area is 185 Å². The first-order valence-electron chi connectivity index (χ1n) is 10.6. The SMILES string of the molecule is CC(OCO)/C(=C(\c1ccccc1)c1ccc(OCCN(C)C)cc1)c1ccccc1. The molecular formula is C27H31NO3. The molecule has 0 spiro atoms. The largest absolute Gasteiger partial charge is 0.492 e. The second-order valence-corrected chi connectivity index (χ2v) is 7.63. The van der Waals surface area contributed by atoms with Gasteiger partial charge in [-0.05, 0) is 61.0 Å². The van der Waals surface area contributed by atoms with Gasteiger partial charge in [0, 0.05) is 6.54 Å². The third-order valence-corrected chi connectivity index (χ3v) is 5.10. The summed E-state index contributed by atoms with van der Waals surface area (Å²) in [6, 6.07) is 28.7. The van der Waals surface area contributed by atoms with Crippen molar-refractivity contribution in [3.63, 3.8) is 0 Å². The van der Waals surface area contributed by atoms with Crippen molar-refractivity contribution >= 4 is 11.1 Å². The summed E-state index contributed by atoms with van der Waals surface area (Å²) in [5, 5.41) is 9.45.